The van der Waals surface area contributed by atoms with E-state index in [0.29, 0.717) is 38.8 Å². The molecule has 0 bridgehead atoms. The Hall–Kier alpha value is -6.28. The molecule has 0 aromatic rings. The van der Waals surface area contributed by atoms with Crippen molar-refractivity contribution in [2.24, 2.45) is 35.5 Å². The van der Waals surface area contributed by atoms with E-state index in [9.17, 15) is 56.3 Å². The first kappa shape index (κ1) is 79.1. The van der Waals surface area contributed by atoms with Gasteiger partial charge in [0.25, 0.3) is 0 Å². The molecule has 7 fully saturated rings. The van der Waals surface area contributed by atoms with Crippen molar-refractivity contribution in [2.75, 3.05) is 75.0 Å². The highest BCUT2D eigenvalue weighted by Gasteiger charge is 2.56. The fourth-order valence-electron chi connectivity index (χ4n) is 15.6. The molecule has 12 amide bonds. The molecule has 1 spiro atoms. The van der Waals surface area contributed by atoms with Crippen molar-refractivity contribution >= 4 is 82.5 Å². The highest BCUT2D eigenvalue weighted by Crippen LogP contribution is 2.44. The van der Waals surface area contributed by atoms with Crippen molar-refractivity contribution < 1.29 is 70.7 Å². The van der Waals surface area contributed by atoms with Gasteiger partial charge in [-0.05, 0) is 133 Å². The van der Waals surface area contributed by atoms with E-state index in [4.69, 9.17) is 11.6 Å². The summed E-state index contributed by atoms with van der Waals surface area (Å²) < 4.78 is 41.9. The Morgan fingerprint density at radius 1 is 0.612 bits per heavy atom. The Bertz CT molecular complexity index is 2910. The van der Waals surface area contributed by atoms with Crippen LogP contribution in [0.15, 0.2) is 0 Å². The third-order valence-electron chi connectivity index (χ3n) is 22.6. The lowest BCUT2D eigenvalue weighted by molar-refractivity contribution is -0.182. The lowest BCUT2D eigenvalue weighted by Crippen LogP contribution is -2.65. The van der Waals surface area contributed by atoms with Gasteiger partial charge in [-0.1, -0.05) is 80.1 Å². The number of hydrogen-bond donors (Lipinski definition) is 3. The Morgan fingerprint density at radius 2 is 1.24 bits per heavy atom. The van der Waals surface area contributed by atoms with Gasteiger partial charge in [0, 0.05) is 73.8 Å². The van der Waals surface area contributed by atoms with Crippen LogP contribution in [-0.4, -0.2) is 261 Å². The van der Waals surface area contributed by atoms with Gasteiger partial charge >= 0.3 is 6.18 Å². The molecule has 0 aromatic carbocycles. The summed E-state index contributed by atoms with van der Waals surface area (Å²) in [7, 11) is 8.62. The highest BCUT2D eigenvalue weighted by atomic mass is 35.5. The fourth-order valence-corrected chi connectivity index (χ4v) is 16.2. The van der Waals surface area contributed by atoms with Crippen LogP contribution in [0, 0.1) is 35.5 Å². The van der Waals surface area contributed by atoms with Gasteiger partial charge in [0.05, 0.1) is 18.9 Å². The third-order valence-corrected chi connectivity index (χ3v) is 23.0. The normalized spacial score (nSPS) is 31.1. The molecule has 3 unspecified atom stereocenters. The van der Waals surface area contributed by atoms with Crippen LogP contribution in [0.5, 0.6) is 0 Å². The number of hydrogen-bond acceptors (Lipinski definition) is 12. The lowest BCUT2D eigenvalue weighted by Gasteiger charge is -2.45. The molecule has 552 valence electrons. The molecule has 3 aliphatic carbocycles. The second kappa shape index (κ2) is 33.9. The maximum Gasteiger partial charge on any atom is 0.393 e. The Labute approximate surface area is 582 Å². The molecule has 3 saturated carbocycles. The van der Waals surface area contributed by atoms with E-state index >= 15 is 14.4 Å². The molecule has 98 heavy (non-hydrogen) atoms. The number of likely N-dealkylation sites (tertiary alicyclic amines) is 1. The molecule has 0 aromatic heterocycles. The van der Waals surface area contributed by atoms with Crippen molar-refractivity contribution in [2.45, 2.75) is 261 Å². The maximum atomic E-state index is 15.2. The van der Waals surface area contributed by atoms with E-state index in [1.807, 2.05) is 20.8 Å². The van der Waals surface area contributed by atoms with Crippen LogP contribution in [0.25, 0.3) is 0 Å². The first-order chi connectivity index (χ1) is 46.0. The number of amides is 12. The zero-order chi connectivity index (χ0) is 72.6. The first-order valence-electron chi connectivity index (χ1n) is 36.2. The molecule has 4 heterocycles. The molecule has 13 atom stereocenters. The van der Waals surface area contributed by atoms with Crippen LogP contribution in [0.2, 0.25) is 0 Å². The van der Waals surface area contributed by atoms with E-state index in [1.54, 1.807) is 25.7 Å². The molecule has 28 heteroatoms. The minimum atomic E-state index is -4.51. The van der Waals surface area contributed by atoms with Gasteiger partial charge in [-0.15, -0.1) is 11.6 Å². The average Bonchev–Trinajstić information content (AvgIpc) is 1.55. The van der Waals surface area contributed by atoms with Crippen LogP contribution in [0.4, 0.5) is 13.2 Å². The number of nitrogens with one attached hydrogen (secondary N) is 3. The summed E-state index contributed by atoms with van der Waals surface area (Å²) in [5.74, 6) is -10.7. The Balaban J connectivity index is 1.25. The molecule has 24 nitrogen and oxygen atoms in total. The molecule has 7 rings (SSSR count). The third kappa shape index (κ3) is 18.6. The summed E-state index contributed by atoms with van der Waals surface area (Å²) in [5, 5.41) is 7.46. The molecule has 3 N–H and O–H groups in total. The second-order valence-electron chi connectivity index (χ2n) is 30.3. The van der Waals surface area contributed by atoms with Gasteiger partial charge in [-0.3, -0.25) is 57.5 Å². The number of piperidine rings is 1. The Kier molecular flexibility index (Phi) is 27.4. The number of fused-ring (bicyclic) bond motifs is 2. The molecule has 4 aliphatic heterocycles. The largest absolute Gasteiger partial charge is 0.393 e. The van der Waals surface area contributed by atoms with Gasteiger partial charge in [-0.25, -0.2) is 0 Å². The molecule has 7 aliphatic rings. The van der Waals surface area contributed by atoms with Crippen molar-refractivity contribution in [1.82, 2.24) is 60.0 Å². The predicted molar refractivity (Wildman–Crippen MR) is 361 cm³/mol. The van der Waals surface area contributed by atoms with Crippen molar-refractivity contribution in [1.29, 1.82) is 0 Å². The minimum Gasteiger partial charge on any atom is -0.343 e. The van der Waals surface area contributed by atoms with Gasteiger partial charge in [0.15, 0.2) is 0 Å². The maximum absolute atomic E-state index is 15.2. The van der Waals surface area contributed by atoms with Crippen molar-refractivity contribution in [3.8, 4) is 0 Å². The summed E-state index contributed by atoms with van der Waals surface area (Å²) in [6.07, 6.45) is 3.55. The minimum absolute atomic E-state index is 0.00104. The molecule has 4 saturated heterocycles. The van der Waals surface area contributed by atoms with Crippen LogP contribution >= 0.6 is 11.6 Å². The van der Waals surface area contributed by atoms with Crippen LogP contribution in [-0.2, 0) is 57.5 Å². The highest BCUT2D eigenvalue weighted by molar-refractivity contribution is 6.21. The summed E-state index contributed by atoms with van der Waals surface area (Å²) in [6, 6.07) is -10.8. The number of rotatable bonds is 11. The van der Waals surface area contributed by atoms with Gasteiger partial charge < -0.3 is 60.0 Å². The predicted octanol–water partition coefficient (Wildman–Crippen LogP) is 5.31. The monoisotopic (exact) mass is 1400 g/mol. The van der Waals surface area contributed by atoms with Crippen molar-refractivity contribution in [3.63, 3.8) is 0 Å². The van der Waals surface area contributed by atoms with Crippen LogP contribution in [0.1, 0.15) is 190 Å². The number of nitrogens with zero attached hydrogens (tertiary/aromatic N) is 9. The van der Waals surface area contributed by atoms with E-state index < -0.39 is 173 Å². The molecular formula is C70H112ClF3N12O12. The summed E-state index contributed by atoms with van der Waals surface area (Å²) in [4.78, 5) is 190. The topological polar surface area (TPSA) is 270 Å². The van der Waals surface area contributed by atoms with Gasteiger partial charge in [0.2, 0.25) is 70.9 Å². The quantitative estimate of drug-likeness (QED) is 0.222. The van der Waals surface area contributed by atoms with Crippen LogP contribution in [0.3, 0.4) is 0 Å². The average molecular weight is 1410 g/mol. The van der Waals surface area contributed by atoms with E-state index in [1.165, 1.54) is 88.4 Å². The SMILES string of the molecule is CC[C@H](C)[C@@H]1NC(=O)[C@H](CC(C)C)N(C)C(=O)C[C@@H](C(=O)N2CCCCC2)N(C)C(=O)[C@H](C(C)C)N(C)C(=O)C2(CC2)NC(=O)[C@@H]2CCCN2C(=O)[C@H](CCC2CCC(C(F)(F)F)C(Cl)C2)NC(=O)CN(C)C(=O)[C@H](CC2CCCCC2)N(C)C(=O)[C@@H]2CCN2C(=O)[C@H](C)N(C)C1=O. The smallest absolute Gasteiger partial charge is 0.343 e. The van der Waals surface area contributed by atoms with Crippen molar-refractivity contribution in [3.05, 3.63) is 0 Å². The van der Waals surface area contributed by atoms with E-state index in [0.717, 1.165) is 38.5 Å². The zero-order valence-electron chi connectivity index (χ0n) is 60.3. The van der Waals surface area contributed by atoms with E-state index in [-0.39, 0.29) is 101 Å². The standard InChI is InChI=1S/C70H112ClF3N12O12/c1-14-43(6)57-66(96)79(9)44(7)61(91)86-35-29-51(86)64(94)81(11)53(38-45-22-17-15-18-23-45)63(93)78(8)40-55(87)75-49(28-26-46-25-27-47(48(71)37-46)70(72,73)74)62(92)85-34-21-24-50(85)60(90)77-69(30-31-69)68(98)83(13)58(42(4)5)67(97)82(12)54(65(95)84-32-19-16-20-33-84)39-56(88)80(10)52(36-41(2)3)59(89)76-57/h41-54,57-58H,14-40H2,1-13H3,(H,75,87)(H,76,89)(H,77,90)/t43-,44-,46?,47?,48?,49-,50-,51-,52-,53-,54-,57-,58-/m0/s1. The molecular weight excluding hydrogens is 1290 g/mol. The zero-order valence-corrected chi connectivity index (χ0v) is 61.0. The van der Waals surface area contributed by atoms with E-state index in [2.05, 4.69) is 16.0 Å². The summed E-state index contributed by atoms with van der Waals surface area (Å²) in [5.41, 5.74) is -1.51. The first-order valence-corrected chi connectivity index (χ1v) is 36.6. The van der Waals surface area contributed by atoms with Gasteiger partial charge in [0.1, 0.15) is 59.9 Å². The molecule has 0 radical (unpaired) electrons. The lowest BCUT2D eigenvalue weighted by atomic mass is 9.78. The number of likely N-dealkylation sites (N-methyl/N-ethyl adjacent to an activating group) is 6. The Morgan fingerprint density at radius 3 is 1.82 bits per heavy atom. The van der Waals surface area contributed by atoms with Gasteiger partial charge in [-0.2, -0.15) is 13.2 Å². The fraction of sp³-hybridized carbons (Fsp3) is 0.829. The number of carbonyl (C=O) groups excluding carboxylic acids is 12. The number of alkyl halides is 4. The summed E-state index contributed by atoms with van der Waals surface area (Å²) in [6.45, 7) is 12.7. The number of carbonyl (C=O) groups is 12. The van der Waals surface area contributed by atoms with Crippen LogP contribution < -0.4 is 16.0 Å². The summed E-state index contributed by atoms with van der Waals surface area (Å²) >= 11 is 6.38. The number of halogens is 4. The second-order valence-corrected chi connectivity index (χ2v) is 30.9.